The highest BCUT2D eigenvalue weighted by molar-refractivity contribution is 5.90. The van der Waals surface area contributed by atoms with Crippen LogP contribution in [0.15, 0.2) is 54.6 Å². The van der Waals surface area contributed by atoms with Crippen molar-refractivity contribution in [3.63, 3.8) is 0 Å². The smallest absolute Gasteiger partial charge is 0.267 e. The first-order valence-corrected chi connectivity index (χ1v) is 8.90. The molecule has 2 aromatic carbocycles. The molecule has 5 nitrogen and oxygen atoms in total. The van der Waals surface area contributed by atoms with Gasteiger partial charge < -0.3 is 5.11 Å². The molecule has 1 atom stereocenters. The number of hydrogen-bond acceptors (Lipinski definition) is 4. The average Bonchev–Trinajstić information content (AvgIpc) is 3.14. The topological polar surface area (TPSA) is 72.8 Å². The summed E-state index contributed by atoms with van der Waals surface area (Å²) in [6, 6.07) is 16.1. The van der Waals surface area contributed by atoms with Crippen LogP contribution in [-0.4, -0.2) is 34.2 Å². The Kier molecular flexibility index (Phi) is 6.04. The average molecular weight is 352 g/mol. The summed E-state index contributed by atoms with van der Waals surface area (Å²) in [6.07, 6.45) is 6.28. The van der Waals surface area contributed by atoms with E-state index in [4.69, 9.17) is 5.21 Å². The minimum absolute atomic E-state index is 0.304. The Morgan fingerprint density at radius 3 is 2.58 bits per heavy atom. The second-order valence-electron chi connectivity index (χ2n) is 6.59. The Hall–Kier alpha value is -2.63. The maximum Gasteiger partial charge on any atom is 0.267 e. The molecule has 1 amide bonds. The molecule has 1 unspecified atom stereocenters. The van der Waals surface area contributed by atoms with Crippen molar-refractivity contribution in [3.8, 4) is 5.75 Å². The van der Waals surface area contributed by atoms with Crippen LogP contribution in [0.4, 0.5) is 0 Å². The summed E-state index contributed by atoms with van der Waals surface area (Å²) in [5, 5.41) is 17.9. The predicted molar refractivity (Wildman–Crippen MR) is 101 cm³/mol. The standard InChI is InChI=1S/C21H24N2O3/c24-19-10-5-17(6-11-19)13-15-23-14-1-2-20(23)18-8-3-16(4-9-18)7-12-21(25)22-26/h3-12,20,24,26H,1-2,13-15H2,(H,22,25)/b12-7+. The third-order valence-corrected chi connectivity index (χ3v) is 4.85. The van der Waals surface area contributed by atoms with Crippen molar-refractivity contribution in [2.75, 3.05) is 13.1 Å². The number of nitrogens with one attached hydrogen (secondary N) is 1. The molecule has 3 N–H and O–H groups in total. The molecule has 26 heavy (non-hydrogen) atoms. The molecular formula is C21H24N2O3. The number of amides is 1. The number of hydrogen-bond donors (Lipinski definition) is 3. The number of rotatable bonds is 6. The van der Waals surface area contributed by atoms with Gasteiger partial charge >= 0.3 is 0 Å². The Balaban J connectivity index is 1.61. The number of phenolic OH excluding ortho intramolecular Hbond substituents is 1. The molecule has 0 aliphatic carbocycles. The van der Waals surface area contributed by atoms with Gasteiger partial charge in [0.05, 0.1) is 0 Å². The van der Waals surface area contributed by atoms with E-state index in [0.717, 1.165) is 31.5 Å². The van der Waals surface area contributed by atoms with Crippen molar-refractivity contribution < 1.29 is 15.1 Å². The molecule has 0 radical (unpaired) electrons. The van der Waals surface area contributed by atoms with Gasteiger partial charge in [-0.1, -0.05) is 36.4 Å². The second kappa shape index (κ2) is 8.65. The van der Waals surface area contributed by atoms with E-state index in [-0.39, 0.29) is 0 Å². The lowest BCUT2D eigenvalue weighted by atomic mass is 10.0. The lowest BCUT2D eigenvalue weighted by Gasteiger charge is -2.25. The van der Waals surface area contributed by atoms with Gasteiger partial charge in [-0.15, -0.1) is 0 Å². The first-order valence-electron chi connectivity index (χ1n) is 8.90. The molecule has 136 valence electrons. The van der Waals surface area contributed by atoms with Crippen molar-refractivity contribution in [2.24, 2.45) is 0 Å². The molecule has 0 saturated carbocycles. The zero-order chi connectivity index (χ0) is 18.4. The van der Waals surface area contributed by atoms with Gasteiger partial charge in [-0.05, 0) is 60.7 Å². The summed E-state index contributed by atoms with van der Waals surface area (Å²) in [6.45, 7) is 2.09. The summed E-state index contributed by atoms with van der Waals surface area (Å²) < 4.78 is 0. The fourth-order valence-electron chi connectivity index (χ4n) is 3.45. The fourth-order valence-corrected chi connectivity index (χ4v) is 3.45. The molecule has 5 heteroatoms. The van der Waals surface area contributed by atoms with Crippen molar-refractivity contribution in [2.45, 2.75) is 25.3 Å². The fraction of sp³-hybridized carbons (Fsp3) is 0.286. The summed E-state index contributed by atoms with van der Waals surface area (Å²) >= 11 is 0. The molecule has 1 aliphatic heterocycles. The summed E-state index contributed by atoms with van der Waals surface area (Å²) in [5.41, 5.74) is 5.03. The van der Waals surface area contributed by atoms with E-state index >= 15 is 0 Å². The number of hydroxylamine groups is 1. The Labute approximate surface area is 153 Å². The van der Waals surface area contributed by atoms with Crippen molar-refractivity contribution >= 4 is 12.0 Å². The van der Waals surface area contributed by atoms with Crippen LogP contribution in [0.3, 0.4) is 0 Å². The molecule has 2 aromatic rings. The first kappa shape index (κ1) is 18.2. The van der Waals surface area contributed by atoms with Gasteiger partial charge in [0, 0.05) is 18.7 Å². The SMILES string of the molecule is O=C(/C=C/c1ccc(C2CCCN2CCc2ccc(O)cc2)cc1)NO. The molecule has 1 saturated heterocycles. The van der Waals surface area contributed by atoms with E-state index in [2.05, 4.69) is 17.0 Å². The lowest BCUT2D eigenvalue weighted by molar-refractivity contribution is -0.124. The summed E-state index contributed by atoms with van der Waals surface area (Å²) in [5.74, 6) is -0.233. The largest absolute Gasteiger partial charge is 0.508 e. The highest BCUT2D eigenvalue weighted by Gasteiger charge is 2.25. The van der Waals surface area contributed by atoms with Crippen LogP contribution in [0, 0.1) is 0 Å². The van der Waals surface area contributed by atoms with Crippen LogP contribution in [0.5, 0.6) is 5.75 Å². The third-order valence-electron chi connectivity index (χ3n) is 4.85. The normalized spacial score (nSPS) is 17.7. The van der Waals surface area contributed by atoms with E-state index in [0.29, 0.717) is 11.8 Å². The molecular weight excluding hydrogens is 328 g/mol. The number of carbonyl (C=O) groups excluding carboxylic acids is 1. The van der Waals surface area contributed by atoms with Crippen molar-refractivity contribution in [1.29, 1.82) is 0 Å². The molecule has 1 fully saturated rings. The van der Waals surface area contributed by atoms with Crippen LogP contribution >= 0.6 is 0 Å². The van der Waals surface area contributed by atoms with E-state index in [1.54, 1.807) is 23.7 Å². The molecule has 1 aliphatic rings. The quantitative estimate of drug-likeness (QED) is 0.424. The number of benzene rings is 2. The number of likely N-dealkylation sites (tertiary alicyclic amines) is 1. The zero-order valence-corrected chi connectivity index (χ0v) is 14.6. The van der Waals surface area contributed by atoms with Gasteiger partial charge in [-0.25, -0.2) is 5.48 Å². The van der Waals surface area contributed by atoms with Gasteiger partial charge in [-0.3, -0.25) is 14.9 Å². The molecule has 1 heterocycles. The predicted octanol–water partition coefficient (Wildman–Crippen LogP) is 3.29. The van der Waals surface area contributed by atoms with Crippen LogP contribution in [0.25, 0.3) is 6.08 Å². The highest BCUT2D eigenvalue weighted by Crippen LogP contribution is 2.32. The molecule has 3 rings (SSSR count). The Morgan fingerprint density at radius 2 is 1.88 bits per heavy atom. The van der Waals surface area contributed by atoms with Crippen LogP contribution in [0.1, 0.15) is 35.6 Å². The van der Waals surface area contributed by atoms with E-state index < -0.39 is 5.91 Å². The van der Waals surface area contributed by atoms with Crippen LogP contribution < -0.4 is 5.48 Å². The monoisotopic (exact) mass is 352 g/mol. The first-order chi connectivity index (χ1) is 12.7. The number of phenols is 1. The number of carbonyl (C=O) groups is 1. The Bertz CT molecular complexity index is 754. The van der Waals surface area contributed by atoms with Gasteiger partial charge in [0.15, 0.2) is 0 Å². The van der Waals surface area contributed by atoms with Crippen molar-refractivity contribution in [1.82, 2.24) is 10.4 Å². The molecule has 0 spiro atoms. The highest BCUT2D eigenvalue weighted by atomic mass is 16.5. The molecule has 0 bridgehead atoms. The van der Waals surface area contributed by atoms with Crippen molar-refractivity contribution in [3.05, 3.63) is 71.3 Å². The zero-order valence-electron chi connectivity index (χ0n) is 14.6. The van der Waals surface area contributed by atoms with Crippen LogP contribution in [-0.2, 0) is 11.2 Å². The lowest BCUT2D eigenvalue weighted by Crippen LogP contribution is -2.25. The number of aromatic hydroxyl groups is 1. The van der Waals surface area contributed by atoms with E-state index in [9.17, 15) is 9.90 Å². The van der Waals surface area contributed by atoms with E-state index in [1.165, 1.54) is 23.6 Å². The van der Waals surface area contributed by atoms with Gasteiger partial charge in [-0.2, -0.15) is 0 Å². The van der Waals surface area contributed by atoms with E-state index in [1.807, 2.05) is 24.3 Å². The minimum atomic E-state index is -0.537. The third kappa shape index (κ3) is 4.71. The maximum atomic E-state index is 11.0. The Morgan fingerprint density at radius 1 is 1.15 bits per heavy atom. The number of nitrogens with zero attached hydrogens (tertiary/aromatic N) is 1. The molecule has 0 aromatic heterocycles. The maximum absolute atomic E-state index is 11.0. The van der Waals surface area contributed by atoms with Gasteiger partial charge in [0.1, 0.15) is 5.75 Å². The summed E-state index contributed by atoms with van der Waals surface area (Å²) in [7, 11) is 0. The summed E-state index contributed by atoms with van der Waals surface area (Å²) in [4.78, 5) is 13.6. The van der Waals surface area contributed by atoms with Gasteiger partial charge in [0.25, 0.3) is 5.91 Å². The van der Waals surface area contributed by atoms with Gasteiger partial charge in [0.2, 0.25) is 0 Å². The van der Waals surface area contributed by atoms with Crippen LogP contribution in [0.2, 0.25) is 0 Å². The minimum Gasteiger partial charge on any atom is -0.508 e. The second-order valence-corrected chi connectivity index (χ2v) is 6.59.